The van der Waals surface area contributed by atoms with E-state index in [-0.39, 0.29) is 24.6 Å². The minimum Gasteiger partial charge on any atom is -0.305 e. The fourth-order valence-electron chi connectivity index (χ4n) is 2.80. The predicted octanol–water partition coefficient (Wildman–Crippen LogP) is 5.33. The molecule has 0 saturated heterocycles. The van der Waals surface area contributed by atoms with Crippen LogP contribution < -0.4 is 0 Å². The Morgan fingerprint density at radius 2 is 1.28 bits per heavy atom. The third kappa shape index (κ3) is 5.64. The molecular formula is C20H26NO3P. The zero-order valence-electron chi connectivity index (χ0n) is 14.9. The van der Waals surface area contributed by atoms with E-state index in [2.05, 4.69) is 0 Å². The normalized spacial score (nSPS) is 11.6. The zero-order valence-corrected chi connectivity index (χ0v) is 15.7. The van der Waals surface area contributed by atoms with Gasteiger partial charge in [0.1, 0.15) is 5.45 Å². The molecule has 0 aliphatic rings. The largest absolute Gasteiger partial charge is 0.374 e. The standard InChI is InChI=1S/C20H26NO3P/c1-3-23-25(22,24-4-2)20(21)19(15-17-11-7-5-8-12-17)16-18-13-9-6-10-14-18/h5-14,19,21H,3-4,15-16H2,1-2H3. The lowest BCUT2D eigenvalue weighted by Crippen LogP contribution is -2.21. The number of hydrogen-bond acceptors (Lipinski definition) is 4. The first-order chi connectivity index (χ1) is 12.1. The van der Waals surface area contributed by atoms with Crippen LogP contribution in [0.1, 0.15) is 25.0 Å². The van der Waals surface area contributed by atoms with Crippen molar-refractivity contribution < 1.29 is 13.6 Å². The molecule has 0 spiro atoms. The lowest BCUT2D eigenvalue weighted by molar-refractivity contribution is 0.231. The van der Waals surface area contributed by atoms with Crippen molar-refractivity contribution in [3.63, 3.8) is 0 Å². The van der Waals surface area contributed by atoms with Crippen LogP contribution in [0, 0.1) is 11.3 Å². The summed E-state index contributed by atoms with van der Waals surface area (Å²) < 4.78 is 23.9. The Kier molecular flexibility index (Phi) is 7.57. The highest BCUT2D eigenvalue weighted by Gasteiger charge is 2.35. The molecule has 134 valence electrons. The van der Waals surface area contributed by atoms with Crippen LogP contribution in [0.4, 0.5) is 0 Å². The number of nitrogens with one attached hydrogen (secondary N) is 1. The maximum absolute atomic E-state index is 13.1. The average Bonchev–Trinajstić information content (AvgIpc) is 2.63. The minimum absolute atomic E-state index is 0.0592. The summed E-state index contributed by atoms with van der Waals surface area (Å²) in [6.07, 6.45) is 1.25. The van der Waals surface area contributed by atoms with Crippen LogP contribution >= 0.6 is 7.60 Å². The monoisotopic (exact) mass is 359 g/mol. The van der Waals surface area contributed by atoms with E-state index in [0.29, 0.717) is 12.8 Å². The Morgan fingerprint density at radius 1 is 0.880 bits per heavy atom. The Balaban J connectivity index is 2.28. The third-order valence-corrected chi connectivity index (χ3v) is 6.08. The van der Waals surface area contributed by atoms with E-state index in [1.807, 2.05) is 60.7 Å². The van der Waals surface area contributed by atoms with Gasteiger partial charge in [-0.1, -0.05) is 60.7 Å². The zero-order chi connectivity index (χ0) is 18.1. The van der Waals surface area contributed by atoms with E-state index in [1.54, 1.807) is 13.8 Å². The van der Waals surface area contributed by atoms with Gasteiger partial charge in [-0.25, -0.2) is 0 Å². The summed E-state index contributed by atoms with van der Waals surface area (Å²) in [5.74, 6) is -0.242. The summed E-state index contributed by atoms with van der Waals surface area (Å²) >= 11 is 0. The summed E-state index contributed by atoms with van der Waals surface area (Å²) in [6, 6.07) is 19.9. The molecule has 0 unspecified atom stereocenters. The van der Waals surface area contributed by atoms with Crippen molar-refractivity contribution in [2.24, 2.45) is 5.92 Å². The predicted molar refractivity (Wildman–Crippen MR) is 102 cm³/mol. The molecule has 4 nitrogen and oxygen atoms in total. The quantitative estimate of drug-likeness (QED) is 0.461. The molecule has 0 radical (unpaired) electrons. The van der Waals surface area contributed by atoms with Gasteiger partial charge >= 0.3 is 7.60 Å². The van der Waals surface area contributed by atoms with Crippen LogP contribution in [0.15, 0.2) is 60.7 Å². The minimum atomic E-state index is -3.56. The van der Waals surface area contributed by atoms with Gasteiger partial charge in [0.05, 0.1) is 13.2 Å². The van der Waals surface area contributed by atoms with Gasteiger partial charge in [0.25, 0.3) is 0 Å². The molecule has 1 N–H and O–H groups in total. The van der Waals surface area contributed by atoms with Crippen molar-refractivity contribution in [1.29, 1.82) is 5.41 Å². The molecule has 2 aromatic carbocycles. The van der Waals surface area contributed by atoms with Crippen molar-refractivity contribution in [2.45, 2.75) is 26.7 Å². The fourth-order valence-corrected chi connectivity index (χ4v) is 4.46. The van der Waals surface area contributed by atoms with Crippen molar-refractivity contribution in [3.8, 4) is 0 Å². The molecule has 0 amide bonds. The average molecular weight is 359 g/mol. The van der Waals surface area contributed by atoms with Crippen molar-refractivity contribution in [3.05, 3.63) is 71.8 Å². The van der Waals surface area contributed by atoms with E-state index in [1.165, 1.54) is 0 Å². The van der Waals surface area contributed by atoms with Gasteiger partial charge in [-0.2, -0.15) is 0 Å². The highest BCUT2D eigenvalue weighted by molar-refractivity contribution is 7.72. The highest BCUT2D eigenvalue weighted by Crippen LogP contribution is 2.52. The molecule has 0 bridgehead atoms. The fraction of sp³-hybridized carbons (Fsp3) is 0.350. The summed E-state index contributed by atoms with van der Waals surface area (Å²) in [7, 11) is -3.56. The molecule has 0 heterocycles. The molecule has 2 aromatic rings. The second kappa shape index (κ2) is 9.67. The van der Waals surface area contributed by atoms with Gasteiger partial charge in [-0.3, -0.25) is 9.97 Å². The van der Waals surface area contributed by atoms with Gasteiger partial charge in [-0.15, -0.1) is 0 Å². The molecule has 0 fully saturated rings. The Labute approximate surface area is 150 Å². The summed E-state index contributed by atoms with van der Waals surface area (Å²) in [6.45, 7) is 4.04. The second-order valence-corrected chi connectivity index (χ2v) is 7.79. The van der Waals surface area contributed by atoms with E-state index in [9.17, 15) is 4.57 Å². The van der Waals surface area contributed by atoms with Gasteiger partial charge in [0.15, 0.2) is 0 Å². The van der Waals surface area contributed by atoms with E-state index < -0.39 is 7.60 Å². The molecule has 25 heavy (non-hydrogen) atoms. The van der Waals surface area contributed by atoms with E-state index >= 15 is 0 Å². The molecule has 5 heteroatoms. The first-order valence-corrected chi connectivity index (χ1v) is 10.2. The highest BCUT2D eigenvalue weighted by atomic mass is 31.2. The van der Waals surface area contributed by atoms with E-state index in [0.717, 1.165) is 11.1 Å². The Bertz CT molecular complexity index is 652. The van der Waals surface area contributed by atoms with Crippen LogP contribution in [0.25, 0.3) is 0 Å². The van der Waals surface area contributed by atoms with Crippen molar-refractivity contribution in [2.75, 3.05) is 13.2 Å². The van der Waals surface area contributed by atoms with Gasteiger partial charge < -0.3 is 9.05 Å². The molecular weight excluding hydrogens is 333 g/mol. The molecule has 0 aliphatic heterocycles. The Morgan fingerprint density at radius 3 is 1.64 bits per heavy atom. The van der Waals surface area contributed by atoms with Gasteiger partial charge in [0.2, 0.25) is 0 Å². The topological polar surface area (TPSA) is 59.4 Å². The van der Waals surface area contributed by atoms with Gasteiger partial charge in [-0.05, 0) is 37.8 Å². The summed E-state index contributed by atoms with van der Waals surface area (Å²) in [5, 5.41) is 8.59. The number of rotatable bonds is 10. The maximum atomic E-state index is 13.1. The van der Waals surface area contributed by atoms with Crippen LogP contribution in [-0.4, -0.2) is 18.7 Å². The number of hydrogen-bond donors (Lipinski definition) is 1. The van der Waals surface area contributed by atoms with Crippen LogP contribution in [-0.2, 0) is 26.5 Å². The lowest BCUT2D eigenvalue weighted by Gasteiger charge is -2.24. The third-order valence-electron chi connectivity index (χ3n) is 3.93. The van der Waals surface area contributed by atoms with Crippen molar-refractivity contribution in [1.82, 2.24) is 0 Å². The SMILES string of the molecule is CCOP(=O)(OCC)C(=N)C(Cc1ccccc1)Cc1ccccc1. The molecule has 0 aliphatic carbocycles. The smallest absolute Gasteiger partial charge is 0.305 e. The van der Waals surface area contributed by atoms with Gasteiger partial charge in [0, 0.05) is 5.92 Å². The molecule has 0 saturated carbocycles. The summed E-state index contributed by atoms with van der Waals surface area (Å²) in [4.78, 5) is 0. The van der Waals surface area contributed by atoms with Crippen molar-refractivity contribution >= 4 is 13.0 Å². The van der Waals surface area contributed by atoms with Crippen LogP contribution in [0.5, 0.6) is 0 Å². The Hall–Kier alpha value is -1.74. The molecule has 0 aromatic heterocycles. The maximum Gasteiger partial charge on any atom is 0.374 e. The van der Waals surface area contributed by atoms with E-state index in [4.69, 9.17) is 14.5 Å². The van der Waals surface area contributed by atoms with Crippen LogP contribution in [0.2, 0.25) is 0 Å². The summed E-state index contributed by atoms with van der Waals surface area (Å²) in [5.41, 5.74) is 2.27. The lowest BCUT2D eigenvalue weighted by atomic mass is 9.93. The number of benzene rings is 2. The van der Waals surface area contributed by atoms with Crippen LogP contribution in [0.3, 0.4) is 0 Å². The first kappa shape index (κ1) is 19.6. The second-order valence-electron chi connectivity index (χ2n) is 5.79. The molecule has 0 atom stereocenters. The molecule has 2 rings (SSSR count). The first-order valence-electron chi connectivity index (χ1n) is 8.65.